The lowest BCUT2D eigenvalue weighted by molar-refractivity contribution is -0.124. The summed E-state index contributed by atoms with van der Waals surface area (Å²) in [5.41, 5.74) is 5.66. The zero-order chi connectivity index (χ0) is 20.3. The molecule has 0 radical (unpaired) electrons. The van der Waals surface area contributed by atoms with Crippen molar-refractivity contribution in [1.82, 2.24) is 15.2 Å². The van der Waals surface area contributed by atoms with E-state index in [4.69, 9.17) is 19.9 Å². The highest BCUT2D eigenvalue weighted by Gasteiger charge is 2.37. The Kier molecular flexibility index (Phi) is 5.93. The maximum absolute atomic E-state index is 12.5. The first kappa shape index (κ1) is 20.2. The van der Waals surface area contributed by atoms with E-state index in [9.17, 15) is 9.59 Å². The van der Waals surface area contributed by atoms with Gasteiger partial charge in [0, 0.05) is 25.2 Å². The van der Waals surface area contributed by atoms with E-state index < -0.39 is 23.6 Å². The van der Waals surface area contributed by atoms with Crippen molar-refractivity contribution in [2.24, 2.45) is 5.73 Å². The van der Waals surface area contributed by atoms with Crippen molar-refractivity contribution >= 4 is 12.0 Å². The highest BCUT2D eigenvalue weighted by Crippen LogP contribution is 2.29. The first-order chi connectivity index (χ1) is 13.2. The van der Waals surface area contributed by atoms with Gasteiger partial charge in [0.05, 0.1) is 11.9 Å². The van der Waals surface area contributed by atoms with Crippen LogP contribution >= 0.6 is 0 Å². The highest BCUT2D eigenvalue weighted by molar-refractivity contribution is 5.84. The number of hydrogen-bond acceptors (Lipinski definition) is 7. The quantitative estimate of drug-likeness (QED) is 0.791. The van der Waals surface area contributed by atoms with Crippen molar-refractivity contribution in [3.05, 3.63) is 18.0 Å². The molecule has 1 saturated heterocycles. The summed E-state index contributed by atoms with van der Waals surface area (Å²) in [6.45, 7) is 7.26. The van der Waals surface area contributed by atoms with Gasteiger partial charge in [-0.2, -0.15) is 0 Å². The Morgan fingerprint density at radius 1 is 1.29 bits per heavy atom. The molecule has 2 amide bonds. The molecule has 9 heteroatoms. The van der Waals surface area contributed by atoms with Gasteiger partial charge in [0.2, 0.25) is 5.91 Å². The number of carbonyl (C=O) groups excluding carboxylic acids is 2. The number of amides is 2. The van der Waals surface area contributed by atoms with Crippen LogP contribution in [0.15, 0.2) is 12.3 Å². The largest absolute Gasteiger partial charge is 0.486 e. The summed E-state index contributed by atoms with van der Waals surface area (Å²) < 4.78 is 16.5. The van der Waals surface area contributed by atoms with Gasteiger partial charge in [-0.3, -0.25) is 14.7 Å². The summed E-state index contributed by atoms with van der Waals surface area (Å²) in [5, 5.41) is 3.39. The van der Waals surface area contributed by atoms with Crippen molar-refractivity contribution in [2.75, 3.05) is 19.8 Å². The number of primary amides is 1. The van der Waals surface area contributed by atoms with Crippen molar-refractivity contribution in [2.45, 2.75) is 57.8 Å². The molecule has 0 bridgehead atoms. The minimum Gasteiger partial charge on any atom is -0.486 e. The van der Waals surface area contributed by atoms with Gasteiger partial charge in [-0.05, 0) is 33.6 Å². The summed E-state index contributed by atoms with van der Waals surface area (Å²) in [7, 11) is 0. The summed E-state index contributed by atoms with van der Waals surface area (Å²) in [5.74, 6) is 0.816. The summed E-state index contributed by atoms with van der Waals surface area (Å²) in [6.07, 6.45) is 2.33. The maximum atomic E-state index is 12.5. The number of hydrogen-bond donors (Lipinski definition) is 2. The minimum atomic E-state index is -0.652. The molecule has 0 aliphatic carbocycles. The number of carbonyl (C=O) groups is 2. The molecule has 9 nitrogen and oxygen atoms in total. The average Bonchev–Trinajstić information content (AvgIpc) is 2.64. The molecule has 1 aromatic heterocycles. The van der Waals surface area contributed by atoms with E-state index in [1.54, 1.807) is 27.0 Å². The molecule has 3 heterocycles. The second-order valence-corrected chi connectivity index (χ2v) is 8.03. The second-order valence-electron chi connectivity index (χ2n) is 8.03. The molecule has 3 rings (SSSR count). The molecule has 1 fully saturated rings. The number of ether oxygens (including phenoxy) is 3. The molecule has 3 N–H and O–H groups in total. The standard InChI is InChI=1S/C19H28N4O5/c1-19(2,3)28-18(25)23-11-12(4-5-14(23)17(20)24)21-9-13-8-15-16(10-22-13)27-7-6-26-15/h8,10,12,14,21H,4-7,9,11H2,1-3H3,(H2,20,24)/t12-,14+/m1/s1. The zero-order valence-corrected chi connectivity index (χ0v) is 16.6. The topological polar surface area (TPSA) is 116 Å². The molecule has 0 spiro atoms. The summed E-state index contributed by atoms with van der Waals surface area (Å²) in [4.78, 5) is 30.1. The molecule has 0 saturated carbocycles. The van der Waals surface area contributed by atoms with E-state index in [1.165, 1.54) is 4.90 Å². The summed E-state index contributed by atoms with van der Waals surface area (Å²) in [6, 6.07) is 1.20. The lowest BCUT2D eigenvalue weighted by Gasteiger charge is -2.39. The molecule has 28 heavy (non-hydrogen) atoms. The van der Waals surface area contributed by atoms with E-state index in [2.05, 4.69) is 10.3 Å². The van der Waals surface area contributed by atoms with Gasteiger partial charge >= 0.3 is 6.09 Å². The van der Waals surface area contributed by atoms with Crippen molar-refractivity contribution in [3.8, 4) is 11.5 Å². The molecule has 154 valence electrons. The Bertz CT molecular complexity index is 734. The lowest BCUT2D eigenvalue weighted by atomic mass is 9.98. The third-order valence-electron chi connectivity index (χ3n) is 4.60. The number of pyridine rings is 1. The van der Waals surface area contributed by atoms with Crippen LogP contribution in [0.2, 0.25) is 0 Å². The van der Waals surface area contributed by atoms with Gasteiger partial charge < -0.3 is 25.3 Å². The normalized spacial score (nSPS) is 21.9. The van der Waals surface area contributed by atoms with Crippen LogP contribution in [0.5, 0.6) is 11.5 Å². The van der Waals surface area contributed by atoms with E-state index in [0.29, 0.717) is 44.2 Å². The third-order valence-corrected chi connectivity index (χ3v) is 4.60. The van der Waals surface area contributed by atoms with Crippen LogP contribution in [0.4, 0.5) is 4.79 Å². The number of aromatic nitrogens is 1. The Balaban J connectivity index is 1.61. The Hall–Kier alpha value is -2.55. The molecule has 0 aromatic carbocycles. The predicted octanol–water partition coefficient (Wildman–Crippen LogP) is 1.20. The highest BCUT2D eigenvalue weighted by atomic mass is 16.6. The Morgan fingerprint density at radius 3 is 2.68 bits per heavy atom. The third kappa shape index (κ3) is 5.03. The smallest absolute Gasteiger partial charge is 0.411 e. The average molecular weight is 392 g/mol. The van der Waals surface area contributed by atoms with E-state index >= 15 is 0 Å². The molecular weight excluding hydrogens is 364 g/mol. The van der Waals surface area contributed by atoms with Crippen LogP contribution in [0.25, 0.3) is 0 Å². The number of fused-ring (bicyclic) bond motifs is 1. The molecule has 2 aliphatic rings. The van der Waals surface area contributed by atoms with Crippen molar-refractivity contribution in [1.29, 1.82) is 0 Å². The van der Waals surface area contributed by atoms with Crippen molar-refractivity contribution < 1.29 is 23.8 Å². The van der Waals surface area contributed by atoms with Crippen LogP contribution in [0, 0.1) is 0 Å². The predicted molar refractivity (Wildman–Crippen MR) is 101 cm³/mol. The monoisotopic (exact) mass is 392 g/mol. The molecular formula is C19H28N4O5. The van der Waals surface area contributed by atoms with Crippen molar-refractivity contribution in [3.63, 3.8) is 0 Å². The first-order valence-corrected chi connectivity index (χ1v) is 9.50. The number of nitrogens with two attached hydrogens (primary N) is 1. The van der Waals surface area contributed by atoms with Crippen LogP contribution in [0.3, 0.4) is 0 Å². The summed E-state index contributed by atoms with van der Waals surface area (Å²) >= 11 is 0. The van der Waals surface area contributed by atoms with Gasteiger partial charge in [-0.15, -0.1) is 0 Å². The van der Waals surface area contributed by atoms with Crippen LogP contribution in [-0.2, 0) is 16.1 Å². The number of likely N-dealkylation sites (tertiary alicyclic amines) is 1. The number of piperidine rings is 1. The van der Waals surface area contributed by atoms with Crippen LogP contribution in [-0.4, -0.2) is 59.3 Å². The van der Waals surface area contributed by atoms with Gasteiger partial charge in [-0.25, -0.2) is 4.79 Å². The number of rotatable bonds is 4. The van der Waals surface area contributed by atoms with Gasteiger partial charge in [0.15, 0.2) is 11.5 Å². The Labute approximate surface area is 164 Å². The van der Waals surface area contributed by atoms with Crippen LogP contribution in [0.1, 0.15) is 39.3 Å². The fraction of sp³-hybridized carbons (Fsp3) is 0.632. The molecule has 2 atom stereocenters. The first-order valence-electron chi connectivity index (χ1n) is 9.50. The number of nitrogens with one attached hydrogen (secondary N) is 1. The van der Waals surface area contributed by atoms with Gasteiger partial charge in [0.25, 0.3) is 0 Å². The van der Waals surface area contributed by atoms with E-state index in [-0.39, 0.29) is 6.04 Å². The Morgan fingerprint density at radius 2 is 2.00 bits per heavy atom. The second kappa shape index (κ2) is 8.22. The van der Waals surface area contributed by atoms with Crippen LogP contribution < -0.4 is 20.5 Å². The molecule has 0 unspecified atom stereocenters. The molecule has 2 aliphatic heterocycles. The van der Waals surface area contributed by atoms with Gasteiger partial charge in [-0.1, -0.05) is 0 Å². The molecule has 1 aromatic rings. The fourth-order valence-corrected chi connectivity index (χ4v) is 3.29. The zero-order valence-electron chi connectivity index (χ0n) is 16.6. The van der Waals surface area contributed by atoms with Gasteiger partial charge in [0.1, 0.15) is 24.9 Å². The number of nitrogens with zero attached hydrogens (tertiary/aromatic N) is 2. The SMILES string of the molecule is CC(C)(C)OC(=O)N1C[C@H](NCc2cc3c(cn2)OCCO3)CC[C@H]1C(N)=O. The minimum absolute atomic E-state index is 0.00174. The maximum Gasteiger partial charge on any atom is 0.411 e. The lowest BCUT2D eigenvalue weighted by Crippen LogP contribution is -2.57. The fourth-order valence-electron chi connectivity index (χ4n) is 3.29. The van der Waals surface area contributed by atoms with E-state index in [1.807, 2.05) is 6.07 Å². The van der Waals surface area contributed by atoms with E-state index in [0.717, 1.165) is 12.1 Å².